The molecule has 104 valence electrons. The smallest absolute Gasteiger partial charge is 0.130 e. The Labute approximate surface area is 124 Å². The van der Waals surface area contributed by atoms with Crippen molar-refractivity contribution in [3.63, 3.8) is 0 Å². The molecule has 1 heterocycles. The van der Waals surface area contributed by atoms with Gasteiger partial charge in [0.15, 0.2) is 0 Å². The lowest BCUT2D eigenvalue weighted by molar-refractivity contribution is 0.303. The predicted octanol–water partition coefficient (Wildman–Crippen LogP) is 3.91. The second kappa shape index (κ2) is 6.09. The molecule has 0 saturated heterocycles. The Morgan fingerprint density at radius 3 is 2.38 bits per heavy atom. The lowest BCUT2D eigenvalue weighted by Crippen LogP contribution is -2.01. The van der Waals surface area contributed by atoms with E-state index in [0.717, 1.165) is 22.6 Å². The quantitative estimate of drug-likeness (QED) is 0.786. The van der Waals surface area contributed by atoms with Crippen LogP contribution in [0.3, 0.4) is 0 Å². The number of ether oxygens (including phenoxy) is 1. The molecule has 0 atom stereocenters. The summed E-state index contributed by atoms with van der Waals surface area (Å²) in [6.07, 6.45) is 0. The fourth-order valence-corrected chi connectivity index (χ4v) is 2.18. The van der Waals surface area contributed by atoms with Crippen LogP contribution in [0.15, 0.2) is 72.8 Å². The Hall–Kier alpha value is -2.81. The van der Waals surface area contributed by atoms with Gasteiger partial charge in [0.1, 0.15) is 18.2 Å². The third kappa shape index (κ3) is 3.20. The fourth-order valence-electron chi connectivity index (χ4n) is 2.18. The van der Waals surface area contributed by atoms with Gasteiger partial charge in [0.2, 0.25) is 0 Å². The molecule has 0 aliphatic carbocycles. The molecule has 3 heteroatoms. The zero-order valence-electron chi connectivity index (χ0n) is 11.6. The number of hydrogen-bond donors (Lipinski definition) is 1. The topological polar surface area (TPSA) is 48.1 Å². The van der Waals surface area contributed by atoms with Crippen molar-refractivity contribution >= 4 is 5.82 Å². The Balaban J connectivity index is 1.83. The molecule has 2 aromatic carbocycles. The molecule has 0 aliphatic rings. The number of rotatable bonds is 4. The van der Waals surface area contributed by atoms with Crippen LogP contribution in [0.2, 0.25) is 0 Å². The minimum Gasteiger partial charge on any atom is -0.487 e. The molecule has 3 aromatic rings. The predicted molar refractivity (Wildman–Crippen MR) is 84.9 cm³/mol. The van der Waals surface area contributed by atoms with E-state index in [-0.39, 0.29) is 0 Å². The van der Waals surface area contributed by atoms with Gasteiger partial charge in [-0.25, -0.2) is 4.98 Å². The summed E-state index contributed by atoms with van der Waals surface area (Å²) < 4.78 is 5.91. The summed E-state index contributed by atoms with van der Waals surface area (Å²) in [4.78, 5) is 4.24. The van der Waals surface area contributed by atoms with Crippen molar-refractivity contribution in [1.82, 2.24) is 4.98 Å². The fraction of sp³-hybridized carbons (Fsp3) is 0.0556. The monoisotopic (exact) mass is 276 g/mol. The number of pyridine rings is 1. The summed E-state index contributed by atoms with van der Waals surface area (Å²) in [6.45, 7) is 0.398. The van der Waals surface area contributed by atoms with Crippen LogP contribution in [0.5, 0.6) is 5.75 Å². The molecule has 3 nitrogen and oxygen atoms in total. The van der Waals surface area contributed by atoms with Gasteiger partial charge in [0.05, 0.1) is 5.69 Å². The van der Waals surface area contributed by atoms with E-state index in [0.29, 0.717) is 12.4 Å². The summed E-state index contributed by atoms with van der Waals surface area (Å²) in [5, 5.41) is 0. The average Bonchev–Trinajstić information content (AvgIpc) is 2.54. The summed E-state index contributed by atoms with van der Waals surface area (Å²) in [6, 6.07) is 23.7. The molecule has 0 spiro atoms. The van der Waals surface area contributed by atoms with E-state index in [1.54, 1.807) is 6.07 Å². The van der Waals surface area contributed by atoms with E-state index < -0.39 is 0 Å². The Morgan fingerprint density at radius 1 is 0.810 bits per heavy atom. The summed E-state index contributed by atoms with van der Waals surface area (Å²) in [7, 11) is 0. The highest BCUT2D eigenvalue weighted by Gasteiger charge is 2.06. The van der Waals surface area contributed by atoms with Crippen LogP contribution >= 0.6 is 0 Å². The van der Waals surface area contributed by atoms with Gasteiger partial charge >= 0.3 is 0 Å². The first-order valence-corrected chi connectivity index (χ1v) is 6.81. The summed E-state index contributed by atoms with van der Waals surface area (Å²) in [5.41, 5.74) is 8.70. The Bertz CT molecular complexity index is 726. The third-order valence-corrected chi connectivity index (χ3v) is 3.18. The van der Waals surface area contributed by atoms with E-state index in [1.807, 2.05) is 48.5 Å². The molecule has 0 aliphatic heterocycles. The molecular weight excluding hydrogens is 260 g/mol. The van der Waals surface area contributed by atoms with Crippen molar-refractivity contribution in [3.05, 3.63) is 78.5 Å². The van der Waals surface area contributed by atoms with Crippen molar-refractivity contribution in [2.75, 3.05) is 5.73 Å². The van der Waals surface area contributed by atoms with Gasteiger partial charge in [0, 0.05) is 5.56 Å². The lowest BCUT2D eigenvalue weighted by Gasteiger charge is -2.11. The Kier molecular flexibility index (Phi) is 3.83. The molecular formula is C18H16N2O. The van der Waals surface area contributed by atoms with Gasteiger partial charge in [-0.05, 0) is 23.8 Å². The van der Waals surface area contributed by atoms with Gasteiger partial charge < -0.3 is 10.5 Å². The molecule has 0 fully saturated rings. The first kappa shape index (κ1) is 13.2. The average molecular weight is 276 g/mol. The van der Waals surface area contributed by atoms with E-state index in [9.17, 15) is 0 Å². The molecule has 0 bridgehead atoms. The number of hydrogen-bond acceptors (Lipinski definition) is 3. The van der Waals surface area contributed by atoms with Gasteiger partial charge in [-0.3, -0.25) is 0 Å². The van der Waals surface area contributed by atoms with E-state index in [1.165, 1.54) is 0 Å². The SMILES string of the molecule is Nc1cccc(COc2ccccc2-c2ccccc2)n1. The first-order valence-electron chi connectivity index (χ1n) is 6.81. The van der Waals surface area contributed by atoms with Crippen LogP contribution in [0.1, 0.15) is 5.69 Å². The van der Waals surface area contributed by atoms with Crippen molar-refractivity contribution in [3.8, 4) is 16.9 Å². The van der Waals surface area contributed by atoms with E-state index in [4.69, 9.17) is 10.5 Å². The maximum Gasteiger partial charge on any atom is 0.130 e. The van der Waals surface area contributed by atoms with Gasteiger partial charge in [-0.2, -0.15) is 0 Å². The van der Waals surface area contributed by atoms with Crippen LogP contribution in [-0.4, -0.2) is 4.98 Å². The van der Waals surface area contributed by atoms with Crippen LogP contribution in [0.25, 0.3) is 11.1 Å². The van der Waals surface area contributed by atoms with Crippen LogP contribution < -0.4 is 10.5 Å². The molecule has 21 heavy (non-hydrogen) atoms. The van der Waals surface area contributed by atoms with Crippen LogP contribution in [-0.2, 0) is 6.61 Å². The number of nitrogens with zero attached hydrogens (tertiary/aromatic N) is 1. The third-order valence-electron chi connectivity index (χ3n) is 3.18. The van der Waals surface area contributed by atoms with E-state index in [2.05, 4.69) is 23.2 Å². The largest absolute Gasteiger partial charge is 0.487 e. The number of para-hydroxylation sites is 1. The van der Waals surface area contributed by atoms with Crippen molar-refractivity contribution in [1.29, 1.82) is 0 Å². The second-order valence-corrected chi connectivity index (χ2v) is 4.70. The molecule has 1 aromatic heterocycles. The van der Waals surface area contributed by atoms with Gasteiger partial charge in [-0.15, -0.1) is 0 Å². The van der Waals surface area contributed by atoms with E-state index >= 15 is 0 Å². The summed E-state index contributed by atoms with van der Waals surface area (Å²) >= 11 is 0. The molecule has 0 saturated carbocycles. The molecule has 2 N–H and O–H groups in total. The zero-order valence-corrected chi connectivity index (χ0v) is 11.6. The standard InChI is InChI=1S/C18H16N2O/c19-18-12-6-9-15(20-18)13-21-17-11-5-4-10-16(17)14-7-2-1-3-8-14/h1-12H,13H2,(H2,19,20). The van der Waals surface area contributed by atoms with Crippen LogP contribution in [0, 0.1) is 0 Å². The first-order chi connectivity index (χ1) is 10.3. The second-order valence-electron chi connectivity index (χ2n) is 4.70. The lowest BCUT2D eigenvalue weighted by atomic mass is 10.1. The molecule has 0 radical (unpaired) electrons. The highest BCUT2D eigenvalue weighted by atomic mass is 16.5. The minimum absolute atomic E-state index is 0.398. The minimum atomic E-state index is 0.398. The molecule has 0 unspecified atom stereocenters. The number of benzene rings is 2. The highest BCUT2D eigenvalue weighted by Crippen LogP contribution is 2.29. The number of nitrogens with two attached hydrogens (primary N) is 1. The maximum absolute atomic E-state index is 5.91. The highest BCUT2D eigenvalue weighted by molar-refractivity contribution is 5.70. The van der Waals surface area contributed by atoms with Gasteiger partial charge in [-0.1, -0.05) is 54.6 Å². The zero-order chi connectivity index (χ0) is 14.5. The number of nitrogen functional groups attached to an aromatic ring is 1. The maximum atomic E-state index is 5.91. The normalized spacial score (nSPS) is 10.3. The van der Waals surface area contributed by atoms with Gasteiger partial charge in [0.25, 0.3) is 0 Å². The van der Waals surface area contributed by atoms with Crippen molar-refractivity contribution in [2.24, 2.45) is 0 Å². The van der Waals surface area contributed by atoms with Crippen LogP contribution in [0.4, 0.5) is 5.82 Å². The molecule has 0 amide bonds. The number of aromatic nitrogens is 1. The molecule has 3 rings (SSSR count). The van der Waals surface area contributed by atoms with Crippen molar-refractivity contribution in [2.45, 2.75) is 6.61 Å². The summed E-state index contributed by atoms with van der Waals surface area (Å²) in [5.74, 6) is 1.35. The Morgan fingerprint density at radius 2 is 1.57 bits per heavy atom. The number of anilines is 1. The van der Waals surface area contributed by atoms with Crippen molar-refractivity contribution < 1.29 is 4.74 Å².